The number of terminal acetylenes is 1. The Morgan fingerprint density at radius 1 is 1.67 bits per heavy atom. The number of hydrogen-bond acceptors (Lipinski definition) is 4. The van der Waals surface area contributed by atoms with Gasteiger partial charge in [0.15, 0.2) is 0 Å². The van der Waals surface area contributed by atoms with Crippen molar-refractivity contribution in [3.05, 3.63) is 23.9 Å². The van der Waals surface area contributed by atoms with Crippen LogP contribution in [0.4, 0.5) is 5.82 Å². The van der Waals surface area contributed by atoms with E-state index in [-0.39, 0.29) is 24.5 Å². The Bertz CT molecular complexity index is 519. The zero-order chi connectivity index (χ0) is 15.2. The van der Waals surface area contributed by atoms with Gasteiger partial charge in [-0.05, 0) is 31.9 Å². The van der Waals surface area contributed by atoms with E-state index in [9.17, 15) is 9.90 Å². The molecular weight excluding hydrogens is 266 g/mol. The molecule has 2 N–H and O–H groups in total. The lowest BCUT2D eigenvalue weighted by atomic mass is 9.93. The van der Waals surface area contributed by atoms with Gasteiger partial charge in [0.25, 0.3) is 5.91 Å². The molecule has 5 heteroatoms. The van der Waals surface area contributed by atoms with Crippen molar-refractivity contribution in [2.45, 2.75) is 25.9 Å². The lowest BCUT2D eigenvalue weighted by molar-refractivity contribution is 0.0958. The standard InChI is InChI=1S/C16H21N3O2/c1-3-8-17-16(21)13-6-7-15(18-10-13)19-9-4-5-14(11-19)12(2)20/h1,6-7,10,12,14,20H,4-5,8-9,11H2,2H3,(H,17,21). The molecule has 1 aliphatic rings. The van der Waals surface area contributed by atoms with E-state index in [0.717, 1.165) is 31.7 Å². The topological polar surface area (TPSA) is 65.5 Å². The minimum atomic E-state index is -0.304. The Labute approximate surface area is 125 Å². The number of anilines is 1. The lowest BCUT2D eigenvalue weighted by Gasteiger charge is -2.34. The minimum Gasteiger partial charge on any atom is -0.393 e. The van der Waals surface area contributed by atoms with Crippen LogP contribution in [0.2, 0.25) is 0 Å². The van der Waals surface area contributed by atoms with Crippen LogP contribution in [-0.2, 0) is 0 Å². The van der Waals surface area contributed by atoms with E-state index >= 15 is 0 Å². The van der Waals surface area contributed by atoms with Crippen molar-refractivity contribution in [3.8, 4) is 12.3 Å². The predicted octanol–water partition coefficient (Wildman–Crippen LogP) is 1.04. The Morgan fingerprint density at radius 2 is 2.48 bits per heavy atom. The van der Waals surface area contributed by atoms with Crippen LogP contribution in [0.3, 0.4) is 0 Å². The average Bonchev–Trinajstić information content (AvgIpc) is 2.53. The third-order valence-electron chi connectivity index (χ3n) is 3.83. The second-order valence-electron chi connectivity index (χ2n) is 5.38. The summed E-state index contributed by atoms with van der Waals surface area (Å²) >= 11 is 0. The molecule has 0 saturated carbocycles. The molecule has 0 aromatic carbocycles. The average molecular weight is 287 g/mol. The van der Waals surface area contributed by atoms with Crippen molar-refractivity contribution >= 4 is 11.7 Å². The zero-order valence-electron chi connectivity index (χ0n) is 12.2. The molecule has 0 aliphatic carbocycles. The van der Waals surface area contributed by atoms with Gasteiger partial charge in [0.05, 0.1) is 18.2 Å². The van der Waals surface area contributed by atoms with E-state index in [1.165, 1.54) is 0 Å². The highest BCUT2D eigenvalue weighted by Gasteiger charge is 2.24. The summed E-state index contributed by atoms with van der Waals surface area (Å²) in [6, 6.07) is 3.59. The molecular formula is C16H21N3O2. The summed E-state index contributed by atoms with van der Waals surface area (Å²) in [5, 5.41) is 12.3. The highest BCUT2D eigenvalue weighted by Crippen LogP contribution is 2.23. The molecule has 1 aromatic heterocycles. The predicted molar refractivity (Wildman–Crippen MR) is 82.0 cm³/mol. The molecule has 2 rings (SSSR count). The van der Waals surface area contributed by atoms with Crippen LogP contribution in [0.1, 0.15) is 30.1 Å². The number of piperidine rings is 1. The second-order valence-corrected chi connectivity index (χ2v) is 5.38. The first-order valence-electron chi connectivity index (χ1n) is 7.22. The molecule has 21 heavy (non-hydrogen) atoms. The van der Waals surface area contributed by atoms with Gasteiger partial charge >= 0.3 is 0 Å². The van der Waals surface area contributed by atoms with Crippen molar-refractivity contribution in [2.75, 3.05) is 24.5 Å². The smallest absolute Gasteiger partial charge is 0.253 e. The van der Waals surface area contributed by atoms with Gasteiger partial charge < -0.3 is 15.3 Å². The summed E-state index contributed by atoms with van der Waals surface area (Å²) in [6.07, 6.45) is 8.45. The number of carbonyl (C=O) groups excluding carboxylic acids is 1. The molecule has 0 spiro atoms. The van der Waals surface area contributed by atoms with E-state index in [1.54, 1.807) is 12.3 Å². The molecule has 1 aliphatic heterocycles. The van der Waals surface area contributed by atoms with Gasteiger partial charge in [-0.3, -0.25) is 4.79 Å². The Hall–Kier alpha value is -2.06. The Kier molecular flexibility index (Phi) is 5.18. The highest BCUT2D eigenvalue weighted by molar-refractivity contribution is 5.94. The van der Waals surface area contributed by atoms with E-state index in [4.69, 9.17) is 6.42 Å². The fraction of sp³-hybridized carbons (Fsp3) is 0.500. The van der Waals surface area contributed by atoms with Crippen molar-refractivity contribution < 1.29 is 9.90 Å². The largest absolute Gasteiger partial charge is 0.393 e. The summed E-state index contributed by atoms with van der Waals surface area (Å²) < 4.78 is 0. The molecule has 1 saturated heterocycles. The van der Waals surface area contributed by atoms with E-state index < -0.39 is 0 Å². The monoisotopic (exact) mass is 287 g/mol. The molecule has 112 valence electrons. The van der Waals surface area contributed by atoms with Crippen molar-refractivity contribution in [1.82, 2.24) is 10.3 Å². The maximum absolute atomic E-state index is 11.7. The van der Waals surface area contributed by atoms with E-state index in [0.29, 0.717) is 5.56 Å². The number of hydrogen-bond donors (Lipinski definition) is 2. The van der Waals surface area contributed by atoms with Crippen molar-refractivity contribution in [2.24, 2.45) is 5.92 Å². The minimum absolute atomic E-state index is 0.211. The number of rotatable bonds is 4. The van der Waals surface area contributed by atoms with Gasteiger partial charge in [-0.1, -0.05) is 5.92 Å². The molecule has 2 heterocycles. The fourth-order valence-electron chi connectivity index (χ4n) is 2.55. The van der Waals surface area contributed by atoms with Gasteiger partial charge in [0.1, 0.15) is 5.82 Å². The van der Waals surface area contributed by atoms with Crippen LogP contribution in [-0.4, -0.2) is 41.7 Å². The molecule has 0 bridgehead atoms. The molecule has 5 nitrogen and oxygen atoms in total. The van der Waals surface area contributed by atoms with Crippen LogP contribution < -0.4 is 10.2 Å². The zero-order valence-corrected chi connectivity index (χ0v) is 12.2. The number of pyridine rings is 1. The first-order valence-corrected chi connectivity index (χ1v) is 7.22. The number of amides is 1. The fourth-order valence-corrected chi connectivity index (χ4v) is 2.55. The SMILES string of the molecule is C#CCNC(=O)c1ccc(N2CCCC(C(C)O)C2)nc1. The summed E-state index contributed by atoms with van der Waals surface area (Å²) in [7, 11) is 0. The summed E-state index contributed by atoms with van der Waals surface area (Å²) in [6.45, 7) is 3.77. The summed E-state index contributed by atoms with van der Waals surface area (Å²) in [5.41, 5.74) is 0.498. The van der Waals surface area contributed by atoms with E-state index in [2.05, 4.69) is 21.1 Å². The Morgan fingerprint density at radius 3 is 3.10 bits per heavy atom. The summed E-state index contributed by atoms with van der Waals surface area (Å²) in [4.78, 5) is 18.3. The number of nitrogens with zero attached hydrogens (tertiary/aromatic N) is 2. The number of aromatic nitrogens is 1. The first-order chi connectivity index (χ1) is 10.1. The number of aliphatic hydroxyl groups is 1. The normalized spacial score (nSPS) is 19.7. The van der Waals surface area contributed by atoms with Crippen molar-refractivity contribution in [3.63, 3.8) is 0 Å². The number of nitrogens with one attached hydrogen (secondary N) is 1. The third-order valence-corrected chi connectivity index (χ3v) is 3.83. The van der Waals surface area contributed by atoms with Gasteiger partial charge in [0, 0.05) is 25.2 Å². The second kappa shape index (κ2) is 7.09. The van der Waals surface area contributed by atoms with Crippen LogP contribution in [0.25, 0.3) is 0 Å². The lowest BCUT2D eigenvalue weighted by Crippen LogP contribution is -2.40. The third kappa shape index (κ3) is 3.96. The highest BCUT2D eigenvalue weighted by atomic mass is 16.3. The van der Waals surface area contributed by atoms with E-state index in [1.807, 2.05) is 13.0 Å². The van der Waals surface area contributed by atoms with Gasteiger partial charge in [-0.15, -0.1) is 6.42 Å². The maximum atomic E-state index is 11.7. The molecule has 2 atom stereocenters. The van der Waals surface area contributed by atoms with Crippen LogP contribution >= 0.6 is 0 Å². The van der Waals surface area contributed by atoms with Crippen LogP contribution in [0.5, 0.6) is 0 Å². The van der Waals surface area contributed by atoms with Crippen LogP contribution in [0.15, 0.2) is 18.3 Å². The molecule has 2 unspecified atom stereocenters. The van der Waals surface area contributed by atoms with Crippen molar-refractivity contribution in [1.29, 1.82) is 0 Å². The van der Waals surface area contributed by atoms with Crippen LogP contribution in [0, 0.1) is 18.3 Å². The van der Waals surface area contributed by atoms with Gasteiger partial charge in [-0.2, -0.15) is 0 Å². The molecule has 1 amide bonds. The molecule has 1 fully saturated rings. The number of carbonyl (C=O) groups is 1. The number of aliphatic hydroxyl groups excluding tert-OH is 1. The quantitative estimate of drug-likeness (QED) is 0.812. The van der Waals surface area contributed by atoms with Gasteiger partial charge in [0.2, 0.25) is 0 Å². The summed E-state index contributed by atoms with van der Waals surface area (Å²) in [5.74, 6) is 3.27. The maximum Gasteiger partial charge on any atom is 0.253 e. The van der Waals surface area contributed by atoms with Gasteiger partial charge in [-0.25, -0.2) is 4.98 Å². The molecule has 1 aromatic rings. The molecule has 0 radical (unpaired) electrons. The first kappa shape index (κ1) is 15.3. The Balaban J connectivity index is 2.02.